The zero-order valence-corrected chi connectivity index (χ0v) is 6.39. The Kier molecular flexibility index (Phi) is 57.9. The van der Waals surface area contributed by atoms with Crippen molar-refractivity contribution in [1.82, 2.24) is 0 Å². The van der Waals surface area contributed by atoms with Crippen LogP contribution in [-0.4, -0.2) is 23.1 Å². The minimum absolute atomic E-state index is 0. The van der Waals surface area contributed by atoms with E-state index in [2.05, 4.69) is 11.2 Å². The molecule has 0 radical (unpaired) electrons. The van der Waals surface area contributed by atoms with Gasteiger partial charge in [0.2, 0.25) is 11.2 Å². The summed E-state index contributed by atoms with van der Waals surface area (Å²) in [5.41, 5.74) is 0. The maximum Gasteiger partial charge on any atom is 2.00 e. The molecule has 0 bridgehead atoms. The summed E-state index contributed by atoms with van der Waals surface area (Å²) in [5.74, 6) is 0. The molecule has 0 N–H and O–H groups in total. The third kappa shape index (κ3) is 30.9. The first-order valence-corrected chi connectivity index (χ1v) is 2.31. The van der Waals surface area contributed by atoms with Crippen LogP contribution in [0.1, 0.15) is 2.85 Å². The van der Waals surface area contributed by atoms with Crippen LogP contribution in [0.15, 0.2) is 0 Å². The third-order valence-corrected chi connectivity index (χ3v) is 0. The summed E-state index contributed by atoms with van der Waals surface area (Å²) in [6.07, 6.45) is 0. The Morgan fingerprint density at radius 3 is 1.80 bits per heavy atom. The van der Waals surface area contributed by atoms with Gasteiger partial charge in [-0.25, -0.2) is 0 Å². The standard InChI is InChI=1S/ClOP.ClH.Mg.2H/c1-3-2;;;;/h;1H;;;/q;;+2;2*-1/p+1. The molecule has 0 aliphatic carbocycles. The van der Waals surface area contributed by atoms with Gasteiger partial charge in [0.05, 0.1) is 0 Å². The molecule has 0 heterocycles. The zero-order valence-electron chi connectivity index (χ0n) is 4.40. The van der Waals surface area contributed by atoms with Crippen molar-refractivity contribution in [3.63, 3.8) is 0 Å². The molecular weight excluding hydrogens is 142 g/mol. The largest absolute Gasteiger partial charge is 2.00 e. The molecular formula is H4Cl2MgOP+. The summed E-state index contributed by atoms with van der Waals surface area (Å²) >= 11 is 4.47. The maximum atomic E-state index is 8.72. The van der Waals surface area contributed by atoms with E-state index in [1.54, 1.807) is 0 Å². The third-order valence-electron chi connectivity index (χ3n) is 0. The van der Waals surface area contributed by atoms with Gasteiger partial charge in [0.1, 0.15) is 0 Å². The Labute approximate surface area is 62.0 Å². The fraction of sp³-hybridized carbons (Fsp3) is 0. The van der Waals surface area contributed by atoms with E-state index < -0.39 is 7.81 Å². The van der Waals surface area contributed by atoms with Gasteiger partial charge in [0.15, 0.2) is 0 Å². The Morgan fingerprint density at radius 2 is 1.80 bits per heavy atom. The van der Waals surface area contributed by atoms with Crippen LogP contribution in [0.5, 0.6) is 0 Å². The fourth-order valence-electron chi connectivity index (χ4n) is 0. The molecule has 0 rings (SSSR count). The average molecular weight is 146 g/mol. The maximum absolute atomic E-state index is 8.72. The first-order valence-electron chi connectivity index (χ1n) is 0.393. The summed E-state index contributed by atoms with van der Waals surface area (Å²) in [6.45, 7) is 0. The molecule has 0 aromatic carbocycles. The van der Waals surface area contributed by atoms with Crippen LogP contribution < -0.4 is 0 Å². The summed E-state index contributed by atoms with van der Waals surface area (Å²) in [5, 5.41) is 0. The molecule has 0 saturated carbocycles. The Bertz CT molecular complexity index is 23.2. The van der Waals surface area contributed by atoms with Crippen LogP contribution in [0, 0.1) is 0 Å². The van der Waals surface area contributed by atoms with Crippen molar-refractivity contribution >= 4 is 54.5 Å². The second kappa shape index (κ2) is 18.0. The molecule has 0 aliphatic heterocycles. The Balaban J connectivity index is -0.00000000333. The number of hydrogen-bond donors (Lipinski definition) is 0. The first kappa shape index (κ1) is 16.1. The van der Waals surface area contributed by atoms with E-state index in [9.17, 15) is 0 Å². The van der Waals surface area contributed by atoms with Gasteiger partial charge in [-0.2, -0.15) is 0 Å². The van der Waals surface area contributed by atoms with Crippen molar-refractivity contribution in [1.29, 1.82) is 0 Å². The predicted molar refractivity (Wildman–Crippen MR) is 30.1 cm³/mol. The van der Waals surface area contributed by atoms with Crippen molar-refractivity contribution in [2.75, 3.05) is 0 Å². The van der Waals surface area contributed by atoms with Gasteiger partial charge in [-0.15, -0.1) is 12.4 Å². The van der Waals surface area contributed by atoms with Crippen molar-refractivity contribution in [3.8, 4) is 0 Å². The van der Waals surface area contributed by atoms with Gasteiger partial charge >= 0.3 is 30.9 Å². The molecule has 0 aromatic rings. The Hall–Kier alpha value is 1.45. The molecule has 0 fully saturated rings. The summed E-state index contributed by atoms with van der Waals surface area (Å²) < 4.78 is 8.72. The van der Waals surface area contributed by atoms with Crippen molar-refractivity contribution < 1.29 is 7.42 Å². The average Bonchev–Trinajstić information content (AvgIpc) is 0.918. The SMILES string of the molecule is Cl.O=[PH+]Cl.[H-].[H-].[Mg+2]. The molecule has 0 spiro atoms. The first-order chi connectivity index (χ1) is 1.41. The Morgan fingerprint density at radius 1 is 1.80 bits per heavy atom. The van der Waals surface area contributed by atoms with Gasteiger partial charge in [-0.3, -0.25) is 0 Å². The topological polar surface area (TPSA) is 17.1 Å². The summed E-state index contributed by atoms with van der Waals surface area (Å²) in [7, 11) is -0.694. The molecule has 5 heteroatoms. The molecule has 0 amide bonds. The monoisotopic (exact) mass is 145 g/mol. The van der Waals surface area contributed by atoms with Crippen LogP contribution >= 0.6 is 31.5 Å². The minimum Gasteiger partial charge on any atom is -1.00 e. The van der Waals surface area contributed by atoms with Crippen molar-refractivity contribution in [2.45, 2.75) is 0 Å². The van der Waals surface area contributed by atoms with E-state index in [4.69, 9.17) is 4.57 Å². The molecule has 0 aromatic heterocycles. The molecule has 5 heavy (non-hydrogen) atoms. The predicted octanol–water partition coefficient (Wildman–Crippen LogP) is 1.43. The van der Waals surface area contributed by atoms with Crippen LogP contribution in [0.4, 0.5) is 0 Å². The van der Waals surface area contributed by atoms with Crippen LogP contribution in [0.2, 0.25) is 0 Å². The molecule has 0 aliphatic rings. The van der Waals surface area contributed by atoms with E-state index in [0.717, 1.165) is 0 Å². The van der Waals surface area contributed by atoms with E-state index in [1.165, 1.54) is 0 Å². The van der Waals surface area contributed by atoms with Gasteiger partial charge in [0, 0.05) is 0 Å². The van der Waals surface area contributed by atoms with E-state index in [0.29, 0.717) is 0 Å². The fourth-order valence-corrected chi connectivity index (χ4v) is 0. The van der Waals surface area contributed by atoms with E-state index in [-0.39, 0.29) is 38.3 Å². The summed E-state index contributed by atoms with van der Waals surface area (Å²) in [6, 6.07) is 0. The number of hydrogen-bond acceptors (Lipinski definition) is 1. The zero-order chi connectivity index (χ0) is 2.71. The van der Waals surface area contributed by atoms with Gasteiger partial charge in [-0.1, -0.05) is 4.57 Å². The number of rotatable bonds is 0. The van der Waals surface area contributed by atoms with Gasteiger partial charge in [0.25, 0.3) is 0 Å². The number of halogens is 2. The van der Waals surface area contributed by atoms with Crippen molar-refractivity contribution in [2.24, 2.45) is 0 Å². The quantitative estimate of drug-likeness (QED) is 0.373. The summed E-state index contributed by atoms with van der Waals surface area (Å²) in [4.78, 5) is 0. The van der Waals surface area contributed by atoms with Gasteiger partial charge < -0.3 is 2.85 Å². The second-order valence-corrected chi connectivity index (χ2v) is 0.694. The van der Waals surface area contributed by atoms with Crippen molar-refractivity contribution in [3.05, 3.63) is 0 Å². The molecule has 1 unspecified atom stereocenters. The smallest absolute Gasteiger partial charge is 1.00 e. The second-order valence-electron chi connectivity index (χ2n) is 0.0772. The molecule has 1 atom stereocenters. The normalized spacial score (nSPS) is 4.20. The molecule has 0 saturated heterocycles. The molecule has 1 nitrogen and oxygen atoms in total. The van der Waals surface area contributed by atoms with Gasteiger partial charge in [-0.05, 0) is 0 Å². The van der Waals surface area contributed by atoms with Crippen LogP contribution in [-0.2, 0) is 4.57 Å². The molecule has 30 valence electrons. The minimum atomic E-state index is -0.694. The van der Waals surface area contributed by atoms with E-state index >= 15 is 0 Å². The van der Waals surface area contributed by atoms with E-state index in [1.807, 2.05) is 0 Å². The van der Waals surface area contributed by atoms with Crippen LogP contribution in [0.25, 0.3) is 0 Å². The van der Waals surface area contributed by atoms with Crippen LogP contribution in [0.3, 0.4) is 0 Å².